The lowest BCUT2D eigenvalue weighted by Gasteiger charge is -2.55. The minimum Gasteiger partial charge on any atom is -0.406 e. The van der Waals surface area contributed by atoms with Gasteiger partial charge < -0.3 is 4.74 Å². The second-order valence-corrected chi connectivity index (χ2v) is 9.30. The van der Waals surface area contributed by atoms with E-state index in [-0.39, 0.29) is 11.4 Å². The second-order valence-electron chi connectivity index (χ2n) is 7.98. The van der Waals surface area contributed by atoms with E-state index in [1.54, 1.807) is 11.3 Å². The van der Waals surface area contributed by atoms with E-state index < -0.39 is 0 Å². The zero-order chi connectivity index (χ0) is 15.6. The molecule has 5 aliphatic rings. The number of ether oxygens (including phenoxy) is 1. The van der Waals surface area contributed by atoms with Gasteiger partial charge in [0, 0.05) is 15.2 Å². The number of esters is 1. The fraction of sp³-hybridized carbons (Fsp3) is 0.579. The van der Waals surface area contributed by atoms with Crippen molar-refractivity contribution >= 4 is 29.3 Å². The van der Waals surface area contributed by atoms with Crippen LogP contribution in [0.5, 0.6) is 0 Å². The number of thiophene rings is 1. The molecule has 6 rings (SSSR count). The highest BCUT2D eigenvalue weighted by Crippen LogP contribution is 2.61. The van der Waals surface area contributed by atoms with Crippen molar-refractivity contribution in [1.29, 1.82) is 0 Å². The Morgan fingerprint density at radius 3 is 2.39 bits per heavy atom. The summed E-state index contributed by atoms with van der Waals surface area (Å²) in [6.07, 6.45) is 9.57. The number of cyclic esters (lactones) is 1. The van der Waals surface area contributed by atoms with Gasteiger partial charge in [-0.15, -0.1) is 11.3 Å². The third-order valence-corrected chi connectivity index (χ3v) is 7.10. The smallest absolute Gasteiger partial charge is 0.363 e. The van der Waals surface area contributed by atoms with Gasteiger partial charge in [0.25, 0.3) is 0 Å². The summed E-state index contributed by atoms with van der Waals surface area (Å²) in [4.78, 5) is 19.3. The largest absolute Gasteiger partial charge is 0.406 e. The van der Waals surface area contributed by atoms with Crippen LogP contribution in [0.15, 0.2) is 22.8 Å². The number of carbonyl (C=O) groups is 1. The number of rotatable bonds is 2. The van der Waals surface area contributed by atoms with Crippen molar-refractivity contribution in [2.24, 2.45) is 28.2 Å². The van der Waals surface area contributed by atoms with Crippen LogP contribution in [0.25, 0.3) is 6.08 Å². The third kappa shape index (κ3) is 2.22. The van der Waals surface area contributed by atoms with E-state index in [2.05, 4.69) is 18.0 Å². The van der Waals surface area contributed by atoms with Crippen LogP contribution < -0.4 is 0 Å². The van der Waals surface area contributed by atoms with Crippen LogP contribution in [0.3, 0.4) is 0 Å². The first kappa shape index (κ1) is 14.0. The van der Waals surface area contributed by atoms with Crippen LogP contribution in [0.2, 0.25) is 0 Å². The average molecular weight is 327 g/mol. The summed E-state index contributed by atoms with van der Waals surface area (Å²) in [6.45, 7) is 2.07. The highest BCUT2D eigenvalue weighted by atomic mass is 32.1. The number of hydrogen-bond acceptors (Lipinski definition) is 4. The molecular weight excluding hydrogens is 306 g/mol. The Morgan fingerprint density at radius 1 is 1.17 bits per heavy atom. The molecule has 0 radical (unpaired) electrons. The lowest BCUT2D eigenvalue weighted by molar-refractivity contribution is -0.131. The molecule has 0 aromatic carbocycles. The molecule has 4 heteroatoms. The van der Waals surface area contributed by atoms with Crippen molar-refractivity contribution in [2.45, 2.75) is 45.4 Å². The first-order chi connectivity index (χ1) is 11.1. The average Bonchev–Trinajstić information content (AvgIpc) is 3.05. The molecule has 0 saturated heterocycles. The predicted octanol–water partition coefficient (Wildman–Crippen LogP) is 4.57. The fourth-order valence-electron chi connectivity index (χ4n) is 5.67. The Morgan fingerprint density at radius 2 is 1.83 bits per heavy atom. The van der Waals surface area contributed by atoms with Crippen LogP contribution in [0.1, 0.15) is 48.3 Å². The molecule has 4 fully saturated rings. The Kier molecular flexibility index (Phi) is 2.91. The van der Waals surface area contributed by atoms with Gasteiger partial charge in [0.05, 0.1) is 0 Å². The maximum atomic E-state index is 12.3. The maximum absolute atomic E-state index is 12.3. The van der Waals surface area contributed by atoms with Gasteiger partial charge in [-0.3, -0.25) is 0 Å². The number of aliphatic imine (C=N–C) groups is 1. The van der Waals surface area contributed by atoms with Crippen molar-refractivity contribution < 1.29 is 9.53 Å². The molecule has 1 aromatic rings. The lowest BCUT2D eigenvalue weighted by Crippen LogP contribution is -2.50. The number of nitrogens with zero attached hydrogens (tertiary/aromatic N) is 1. The molecule has 4 bridgehead atoms. The first-order valence-electron chi connectivity index (χ1n) is 8.69. The van der Waals surface area contributed by atoms with Gasteiger partial charge >= 0.3 is 5.97 Å². The van der Waals surface area contributed by atoms with Crippen molar-refractivity contribution in [2.75, 3.05) is 0 Å². The summed E-state index contributed by atoms with van der Waals surface area (Å²) in [5.41, 5.74) is 0.545. The number of aryl methyl sites for hydroxylation is 1. The molecule has 3 nitrogen and oxygen atoms in total. The van der Waals surface area contributed by atoms with Gasteiger partial charge in [-0.2, -0.15) is 0 Å². The standard InChI is InChI=1S/C19H21NO2S/c1-11-2-3-15(23-11)7-16-17(21)22-18(20-16)19-8-12-4-13(9-19)6-14(5-12)10-19/h2-3,7,12-14H,4-6,8-10H2,1H3. The Bertz CT molecular complexity index is 707. The summed E-state index contributed by atoms with van der Waals surface area (Å²) in [6, 6.07) is 4.11. The fourth-order valence-corrected chi connectivity index (χ4v) is 6.49. The molecule has 0 amide bonds. The van der Waals surface area contributed by atoms with Gasteiger partial charge in [0.1, 0.15) is 0 Å². The molecule has 0 unspecified atom stereocenters. The Balaban J connectivity index is 1.48. The lowest BCUT2D eigenvalue weighted by atomic mass is 9.49. The molecule has 4 saturated carbocycles. The molecule has 23 heavy (non-hydrogen) atoms. The molecule has 1 aromatic heterocycles. The van der Waals surface area contributed by atoms with Crippen LogP contribution in [-0.2, 0) is 9.53 Å². The number of carbonyl (C=O) groups excluding carboxylic acids is 1. The molecule has 0 atom stereocenters. The van der Waals surface area contributed by atoms with Crippen molar-refractivity contribution in [3.05, 3.63) is 27.6 Å². The molecule has 4 aliphatic carbocycles. The van der Waals surface area contributed by atoms with E-state index >= 15 is 0 Å². The molecule has 120 valence electrons. The minimum absolute atomic E-state index is 0.0609. The van der Waals surface area contributed by atoms with Crippen molar-refractivity contribution in [3.8, 4) is 0 Å². The summed E-state index contributed by atoms with van der Waals surface area (Å²) in [5, 5.41) is 0. The van der Waals surface area contributed by atoms with Crippen LogP contribution >= 0.6 is 11.3 Å². The van der Waals surface area contributed by atoms with E-state index in [0.29, 0.717) is 5.70 Å². The van der Waals surface area contributed by atoms with E-state index in [1.165, 1.54) is 43.4 Å². The van der Waals surface area contributed by atoms with E-state index in [0.717, 1.165) is 28.5 Å². The molecule has 1 aliphatic heterocycles. The summed E-state index contributed by atoms with van der Waals surface area (Å²) in [7, 11) is 0. The summed E-state index contributed by atoms with van der Waals surface area (Å²) < 4.78 is 5.69. The monoisotopic (exact) mass is 327 g/mol. The summed E-state index contributed by atoms with van der Waals surface area (Å²) in [5.74, 6) is 2.96. The van der Waals surface area contributed by atoms with Gasteiger partial charge in [-0.1, -0.05) is 0 Å². The molecule has 2 heterocycles. The second kappa shape index (κ2) is 4.79. The zero-order valence-corrected chi connectivity index (χ0v) is 14.2. The zero-order valence-electron chi connectivity index (χ0n) is 13.4. The van der Waals surface area contributed by atoms with Crippen LogP contribution in [-0.4, -0.2) is 11.9 Å². The van der Waals surface area contributed by atoms with Crippen LogP contribution in [0, 0.1) is 30.1 Å². The van der Waals surface area contributed by atoms with Gasteiger partial charge in [0.15, 0.2) is 5.70 Å². The minimum atomic E-state index is -0.262. The maximum Gasteiger partial charge on any atom is 0.363 e. The third-order valence-electron chi connectivity index (χ3n) is 6.15. The molecule has 0 spiro atoms. The van der Waals surface area contributed by atoms with E-state index in [4.69, 9.17) is 4.74 Å². The van der Waals surface area contributed by atoms with Gasteiger partial charge in [-0.25, -0.2) is 9.79 Å². The molecular formula is C19H21NO2S. The Hall–Kier alpha value is -1.42. The van der Waals surface area contributed by atoms with Crippen LogP contribution in [0.4, 0.5) is 0 Å². The van der Waals surface area contributed by atoms with Gasteiger partial charge in [-0.05, 0) is 81.4 Å². The predicted molar refractivity (Wildman–Crippen MR) is 91.2 cm³/mol. The normalized spacial score (nSPS) is 39.9. The first-order valence-corrected chi connectivity index (χ1v) is 9.51. The van der Waals surface area contributed by atoms with E-state index in [1.807, 2.05) is 12.1 Å². The highest BCUT2D eigenvalue weighted by Gasteiger charge is 2.55. The van der Waals surface area contributed by atoms with Gasteiger partial charge in [0.2, 0.25) is 5.90 Å². The number of hydrogen-bond donors (Lipinski definition) is 0. The van der Waals surface area contributed by atoms with E-state index in [9.17, 15) is 4.79 Å². The molecule has 0 N–H and O–H groups in total. The Labute approximate surface area is 140 Å². The van der Waals surface area contributed by atoms with Crippen molar-refractivity contribution in [3.63, 3.8) is 0 Å². The topological polar surface area (TPSA) is 38.7 Å². The highest BCUT2D eigenvalue weighted by molar-refractivity contribution is 7.12. The summed E-state index contributed by atoms with van der Waals surface area (Å²) >= 11 is 1.68. The van der Waals surface area contributed by atoms with Crippen molar-refractivity contribution in [1.82, 2.24) is 0 Å². The quantitative estimate of drug-likeness (QED) is 0.589. The SMILES string of the molecule is Cc1ccc(C=C2N=C(C34CC5CC(CC(C5)C3)C4)OC2=O)s1.